The second kappa shape index (κ2) is 10.9. The minimum atomic E-state index is -0.135. The van der Waals surface area contributed by atoms with E-state index >= 15 is 0 Å². The zero-order valence-corrected chi connectivity index (χ0v) is 21.4. The molecular weight excluding hydrogens is 472 g/mol. The first-order chi connectivity index (χ1) is 18.6. The number of nitrogens with zero attached hydrogens (tertiary/aromatic N) is 2. The number of aromatic nitrogens is 2. The molecule has 0 atom stereocenters. The predicted octanol–water partition coefficient (Wildman–Crippen LogP) is 6.28. The van der Waals surface area contributed by atoms with Crippen LogP contribution < -0.4 is 15.0 Å². The Hall–Kier alpha value is -5.08. The van der Waals surface area contributed by atoms with Gasteiger partial charge in [0.25, 0.3) is 5.56 Å². The average molecular weight is 499 g/mol. The van der Waals surface area contributed by atoms with E-state index in [0.717, 1.165) is 27.9 Å². The first kappa shape index (κ1) is 24.6. The smallest absolute Gasteiger partial charge is 0.266 e. The number of para-hydroxylation sites is 1. The topological polar surface area (TPSA) is 53.3 Å². The Morgan fingerprint density at radius 1 is 0.763 bits per heavy atom. The number of benzene rings is 4. The molecule has 5 nitrogen and oxygen atoms in total. The third-order valence-electron chi connectivity index (χ3n) is 6.16. The maximum absolute atomic E-state index is 13.7. The van der Waals surface area contributed by atoms with E-state index in [4.69, 9.17) is 14.5 Å². The van der Waals surface area contributed by atoms with Crippen molar-refractivity contribution in [2.45, 2.75) is 6.92 Å². The SMILES string of the molecule is COc1cc(/C=C/c2nc3ccccc3c(=O)n2-c2ccc(C#Cc3ccccc3)cc2C)cc(OC)c1. The first-order valence-corrected chi connectivity index (χ1v) is 12.2. The van der Waals surface area contributed by atoms with Crippen LogP contribution in [-0.2, 0) is 0 Å². The Labute approximate surface area is 221 Å². The highest BCUT2D eigenvalue weighted by atomic mass is 16.5. The maximum Gasteiger partial charge on any atom is 0.266 e. The summed E-state index contributed by atoms with van der Waals surface area (Å²) < 4.78 is 12.4. The minimum absolute atomic E-state index is 0.135. The van der Waals surface area contributed by atoms with Gasteiger partial charge in [0.2, 0.25) is 0 Å². The minimum Gasteiger partial charge on any atom is -0.497 e. The van der Waals surface area contributed by atoms with Crippen molar-refractivity contribution in [3.05, 3.63) is 129 Å². The Morgan fingerprint density at radius 3 is 2.16 bits per heavy atom. The van der Waals surface area contributed by atoms with E-state index < -0.39 is 0 Å². The Bertz CT molecular complexity index is 1750. The predicted molar refractivity (Wildman–Crippen MR) is 153 cm³/mol. The standard InChI is InChI=1S/C33H26N2O3/c1-23-19-25(14-13-24-9-5-4-6-10-24)15-17-31(23)35-32(34-30-12-8-7-11-29(30)33(35)36)18-16-26-20-27(37-2)22-28(21-26)38-3/h4-12,15-22H,1-3H3/b18-16+. The van der Waals surface area contributed by atoms with Gasteiger partial charge in [-0.1, -0.05) is 48.2 Å². The fraction of sp³-hybridized carbons (Fsp3) is 0.0909. The molecule has 1 aromatic heterocycles. The highest BCUT2D eigenvalue weighted by molar-refractivity contribution is 5.80. The van der Waals surface area contributed by atoms with Crippen molar-refractivity contribution in [3.63, 3.8) is 0 Å². The van der Waals surface area contributed by atoms with Crippen molar-refractivity contribution >= 4 is 23.1 Å². The second-order valence-electron chi connectivity index (χ2n) is 8.72. The lowest BCUT2D eigenvalue weighted by Gasteiger charge is -2.14. The number of hydrogen-bond acceptors (Lipinski definition) is 4. The van der Waals surface area contributed by atoms with Gasteiger partial charge in [0.15, 0.2) is 0 Å². The van der Waals surface area contributed by atoms with Gasteiger partial charge in [-0.2, -0.15) is 0 Å². The lowest BCUT2D eigenvalue weighted by Crippen LogP contribution is -2.23. The molecule has 0 spiro atoms. The van der Waals surface area contributed by atoms with Gasteiger partial charge in [-0.25, -0.2) is 4.98 Å². The number of fused-ring (bicyclic) bond motifs is 1. The summed E-state index contributed by atoms with van der Waals surface area (Å²) in [5.74, 6) is 8.27. The van der Waals surface area contributed by atoms with Crippen LogP contribution in [0.5, 0.6) is 11.5 Å². The van der Waals surface area contributed by atoms with Crippen LogP contribution in [0.4, 0.5) is 0 Å². The molecule has 5 aromatic rings. The highest BCUT2D eigenvalue weighted by Crippen LogP contribution is 2.25. The van der Waals surface area contributed by atoms with Crippen LogP contribution in [0.1, 0.15) is 28.1 Å². The van der Waals surface area contributed by atoms with Crippen LogP contribution in [0.3, 0.4) is 0 Å². The van der Waals surface area contributed by atoms with Crippen LogP contribution in [0, 0.1) is 18.8 Å². The van der Waals surface area contributed by atoms with Crippen molar-refractivity contribution in [1.29, 1.82) is 0 Å². The van der Waals surface area contributed by atoms with E-state index in [1.807, 2.05) is 104 Å². The molecule has 4 aromatic carbocycles. The summed E-state index contributed by atoms with van der Waals surface area (Å²) in [5, 5.41) is 0.556. The molecule has 0 aliphatic carbocycles. The van der Waals surface area contributed by atoms with E-state index in [9.17, 15) is 4.79 Å². The summed E-state index contributed by atoms with van der Waals surface area (Å²) in [5.41, 5.74) is 4.86. The molecule has 5 rings (SSSR count). The van der Waals surface area contributed by atoms with Gasteiger partial charge in [-0.15, -0.1) is 0 Å². The van der Waals surface area contributed by atoms with Crippen molar-refractivity contribution in [3.8, 4) is 29.0 Å². The molecule has 0 saturated heterocycles. The van der Waals surface area contributed by atoms with E-state index in [1.165, 1.54) is 0 Å². The lowest BCUT2D eigenvalue weighted by atomic mass is 10.1. The lowest BCUT2D eigenvalue weighted by molar-refractivity contribution is 0.394. The van der Waals surface area contributed by atoms with Gasteiger partial charge >= 0.3 is 0 Å². The van der Waals surface area contributed by atoms with Crippen LogP contribution in [0.15, 0.2) is 95.8 Å². The molecule has 0 aliphatic heterocycles. The zero-order valence-electron chi connectivity index (χ0n) is 21.4. The van der Waals surface area contributed by atoms with Gasteiger partial charge in [0.05, 0.1) is 30.8 Å². The molecule has 0 saturated carbocycles. The third-order valence-corrected chi connectivity index (χ3v) is 6.16. The molecule has 0 unspecified atom stereocenters. The van der Waals surface area contributed by atoms with Gasteiger partial charge in [-0.3, -0.25) is 9.36 Å². The number of methoxy groups -OCH3 is 2. The largest absolute Gasteiger partial charge is 0.497 e. The highest BCUT2D eigenvalue weighted by Gasteiger charge is 2.13. The second-order valence-corrected chi connectivity index (χ2v) is 8.72. The van der Waals surface area contributed by atoms with Gasteiger partial charge in [-0.05, 0) is 78.7 Å². The summed E-state index contributed by atoms with van der Waals surface area (Å²) in [7, 11) is 3.23. The number of aryl methyl sites for hydroxylation is 1. The Kier molecular flexibility index (Phi) is 7.06. The van der Waals surface area contributed by atoms with Crippen molar-refractivity contribution in [2.24, 2.45) is 0 Å². The summed E-state index contributed by atoms with van der Waals surface area (Å²) in [6.45, 7) is 1.98. The molecular formula is C33H26N2O3. The number of hydrogen-bond donors (Lipinski definition) is 0. The molecule has 0 bridgehead atoms. The van der Waals surface area contributed by atoms with Crippen LogP contribution in [-0.4, -0.2) is 23.8 Å². The zero-order chi connectivity index (χ0) is 26.5. The Balaban J connectivity index is 1.62. The molecule has 0 fully saturated rings. The number of rotatable bonds is 5. The molecule has 0 aliphatic rings. The summed E-state index contributed by atoms with van der Waals surface area (Å²) in [6.07, 6.45) is 3.73. The van der Waals surface area contributed by atoms with Crippen molar-refractivity contribution in [2.75, 3.05) is 14.2 Å². The molecule has 0 N–H and O–H groups in total. The van der Waals surface area contributed by atoms with E-state index in [-0.39, 0.29) is 5.56 Å². The average Bonchev–Trinajstić information content (AvgIpc) is 2.96. The van der Waals surface area contributed by atoms with E-state index in [2.05, 4.69) is 11.8 Å². The van der Waals surface area contributed by atoms with Gasteiger partial charge in [0, 0.05) is 17.2 Å². The van der Waals surface area contributed by atoms with Crippen molar-refractivity contribution in [1.82, 2.24) is 9.55 Å². The summed E-state index contributed by atoms with van der Waals surface area (Å²) in [6, 6.07) is 28.7. The normalized spacial score (nSPS) is 10.8. The molecule has 186 valence electrons. The molecule has 0 amide bonds. The van der Waals surface area contributed by atoms with Crippen molar-refractivity contribution < 1.29 is 9.47 Å². The third kappa shape index (κ3) is 5.21. The quantitative estimate of drug-likeness (QED) is 0.268. The summed E-state index contributed by atoms with van der Waals surface area (Å²) in [4.78, 5) is 18.6. The molecule has 5 heteroatoms. The fourth-order valence-electron chi connectivity index (χ4n) is 4.24. The maximum atomic E-state index is 13.7. The van der Waals surface area contributed by atoms with Crippen LogP contribution in [0.2, 0.25) is 0 Å². The molecule has 38 heavy (non-hydrogen) atoms. The van der Waals surface area contributed by atoms with E-state index in [0.29, 0.717) is 28.2 Å². The fourth-order valence-corrected chi connectivity index (χ4v) is 4.24. The van der Waals surface area contributed by atoms with Crippen LogP contribution >= 0.6 is 0 Å². The van der Waals surface area contributed by atoms with E-state index in [1.54, 1.807) is 24.9 Å². The molecule has 1 heterocycles. The van der Waals surface area contributed by atoms with Gasteiger partial charge < -0.3 is 9.47 Å². The molecule has 0 radical (unpaired) electrons. The number of ether oxygens (including phenoxy) is 2. The van der Waals surface area contributed by atoms with Gasteiger partial charge in [0.1, 0.15) is 17.3 Å². The Morgan fingerprint density at radius 2 is 1.45 bits per heavy atom. The summed E-state index contributed by atoms with van der Waals surface area (Å²) >= 11 is 0. The monoisotopic (exact) mass is 498 g/mol. The van der Waals surface area contributed by atoms with Crippen LogP contribution in [0.25, 0.3) is 28.7 Å². The first-order valence-electron chi connectivity index (χ1n) is 12.2.